The Kier molecular flexibility index (Phi) is 4.89. The highest BCUT2D eigenvalue weighted by Gasteiger charge is 2.51. The summed E-state index contributed by atoms with van der Waals surface area (Å²) < 4.78 is 122. The number of halogens is 10. The van der Waals surface area contributed by atoms with Crippen LogP contribution in [-0.4, -0.2) is 24.9 Å². The van der Waals surface area contributed by atoms with Crippen molar-refractivity contribution in [1.82, 2.24) is 0 Å². The average molecular weight is 294 g/mol. The van der Waals surface area contributed by atoms with Gasteiger partial charge in [-0.05, 0) is 0 Å². The van der Waals surface area contributed by atoms with Crippen molar-refractivity contribution >= 4 is 0 Å². The van der Waals surface area contributed by atoms with E-state index in [0.29, 0.717) is 0 Å². The zero-order valence-electron chi connectivity index (χ0n) is 8.10. The second-order valence-corrected chi connectivity index (χ2v) is 2.96. The Morgan fingerprint density at radius 1 is 0.889 bits per heavy atom. The Morgan fingerprint density at radius 3 is 1.61 bits per heavy atom. The Balaban J connectivity index is 5.10. The van der Waals surface area contributed by atoms with E-state index in [4.69, 9.17) is 0 Å². The monoisotopic (exact) mass is 294 g/mol. The Bertz CT molecular complexity index is 313. The van der Waals surface area contributed by atoms with Crippen molar-refractivity contribution in [1.29, 1.82) is 0 Å². The van der Waals surface area contributed by atoms with E-state index in [-0.39, 0.29) is 0 Å². The van der Waals surface area contributed by atoms with Gasteiger partial charge < -0.3 is 4.74 Å². The van der Waals surface area contributed by atoms with Crippen molar-refractivity contribution in [3.8, 4) is 0 Å². The van der Waals surface area contributed by atoms with Crippen molar-refractivity contribution in [3.05, 3.63) is 11.8 Å². The third kappa shape index (κ3) is 5.45. The maximum atomic E-state index is 12.4. The molecule has 0 amide bonds. The van der Waals surface area contributed by atoms with Gasteiger partial charge in [-0.15, -0.1) is 0 Å². The van der Waals surface area contributed by atoms with E-state index in [1.807, 2.05) is 0 Å². The molecule has 0 fully saturated rings. The highest BCUT2D eigenvalue weighted by atomic mass is 19.4. The van der Waals surface area contributed by atoms with Crippen LogP contribution < -0.4 is 0 Å². The molecule has 0 saturated carbocycles. The zero-order chi connectivity index (χ0) is 14.8. The molecule has 0 saturated heterocycles. The van der Waals surface area contributed by atoms with Gasteiger partial charge in [0, 0.05) is 0 Å². The van der Waals surface area contributed by atoms with Gasteiger partial charge >= 0.3 is 24.3 Å². The van der Waals surface area contributed by atoms with Crippen molar-refractivity contribution < 1.29 is 48.6 Å². The van der Waals surface area contributed by atoms with Gasteiger partial charge in [0.15, 0.2) is 6.67 Å². The van der Waals surface area contributed by atoms with Crippen LogP contribution in [0.3, 0.4) is 0 Å². The molecule has 0 spiro atoms. The molecule has 108 valence electrons. The third-order valence-corrected chi connectivity index (χ3v) is 1.33. The molecule has 0 aromatic heterocycles. The van der Waals surface area contributed by atoms with E-state index in [1.54, 1.807) is 0 Å². The standard InChI is InChI=1S/C7H4F10O/c8-2-5(11,12)3(4(9)10)18-7(16,17)1-6(13,14)15/h1-2H2. The van der Waals surface area contributed by atoms with Gasteiger partial charge in [-0.3, -0.25) is 0 Å². The van der Waals surface area contributed by atoms with Gasteiger partial charge in [-0.25, -0.2) is 4.39 Å². The first-order valence-corrected chi connectivity index (χ1v) is 3.94. The van der Waals surface area contributed by atoms with Gasteiger partial charge in [0.05, 0.1) is 0 Å². The summed E-state index contributed by atoms with van der Waals surface area (Å²) in [5.41, 5.74) is 0. The molecule has 0 aliphatic heterocycles. The number of hydrogen-bond acceptors (Lipinski definition) is 1. The van der Waals surface area contributed by atoms with E-state index < -0.39 is 43.1 Å². The van der Waals surface area contributed by atoms with Gasteiger partial charge in [-0.1, -0.05) is 0 Å². The molecule has 0 N–H and O–H groups in total. The average Bonchev–Trinajstić information content (AvgIpc) is 2.09. The summed E-state index contributed by atoms with van der Waals surface area (Å²) in [5.74, 6) is -8.27. The summed E-state index contributed by atoms with van der Waals surface area (Å²) in [7, 11) is 0. The van der Waals surface area contributed by atoms with Gasteiger partial charge in [0.2, 0.25) is 5.76 Å². The fraction of sp³-hybridized carbons (Fsp3) is 0.714. The molecule has 0 aromatic rings. The maximum Gasteiger partial charge on any atom is 0.406 e. The molecule has 1 nitrogen and oxygen atoms in total. The highest BCUT2D eigenvalue weighted by Crippen LogP contribution is 2.39. The lowest BCUT2D eigenvalue weighted by molar-refractivity contribution is -0.289. The van der Waals surface area contributed by atoms with E-state index >= 15 is 0 Å². The summed E-state index contributed by atoms with van der Waals surface area (Å²) in [6.45, 7) is -2.83. The van der Waals surface area contributed by atoms with Crippen LogP contribution in [-0.2, 0) is 4.74 Å². The van der Waals surface area contributed by atoms with Crippen LogP contribution >= 0.6 is 0 Å². The highest BCUT2D eigenvalue weighted by molar-refractivity contribution is 5.06. The minimum absolute atomic E-state index is 2.62. The lowest BCUT2D eigenvalue weighted by atomic mass is 10.3. The first-order valence-electron chi connectivity index (χ1n) is 3.94. The molecule has 0 rings (SSSR count). The second-order valence-electron chi connectivity index (χ2n) is 2.96. The van der Waals surface area contributed by atoms with E-state index in [0.717, 1.165) is 0 Å². The van der Waals surface area contributed by atoms with Crippen molar-refractivity contribution in [2.75, 3.05) is 6.67 Å². The fourth-order valence-corrected chi connectivity index (χ4v) is 0.731. The molecular formula is C7H4F10O. The minimum Gasteiger partial charge on any atom is -0.424 e. The first kappa shape index (κ1) is 16.8. The summed E-state index contributed by atoms with van der Waals surface area (Å²) in [6, 6.07) is 0. The molecule has 0 bridgehead atoms. The van der Waals surface area contributed by atoms with Crippen molar-refractivity contribution in [3.63, 3.8) is 0 Å². The Labute approximate surface area is 93.0 Å². The van der Waals surface area contributed by atoms with Crippen LogP contribution in [0.2, 0.25) is 0 Å². The van der Waals surface area contributed by atoms with Crippen LogP contribution in [0.1, 0.15) is 6.42 Å². The Morgan fingerprint density at radius 2 is 1.33 bits per heavy atom. The normalized spacial score (nSPS) is 13.4. The molecule has 11 heteroatoms. The topological polar surface area (TPSA) is 9.23 Å². The van der Waals surface area contributed by atoms with Crippen molar-refractivity contribution in [2.45, 2.75) is 24.6 Å². The van der Waals surface area contributed by atoms with Gasteiger partial charge in [0.25, 0.3) is 0 Å². The maximum absolute atomic E-state index is 12.4. The lowest BCUT2D eigenvalue weighted by Gasteiger charge is -2.23. The molecule has 0 aromatic carbocycles. The molecule has 0 heterocycles. The van der Waals surface area contributed by atoms with E-state index in [1.165, 1.54) is 0 Å². The fourth-order valence-electron chi connectivity index (χ4n) is 0.731. The molecular weight excluding hydrogens is 290 g/mol. The van der Waals surface area contributed by atoms with Crippen LogP contribution in [0.25, 0.3) is 0 Å². The summed E-state index contributed by atoms with van der Waals surface area (Å²) in [5, 5.41) is 0. The number of alkyl halides is 8. The van der Waals surface area contributed by atoms with Gasteiger partial charge in [-0.2, -0.15) is 39.5 Å². The number of rotatable bonds is 5. The summed E-state index contributed by atoms with van der Waals surface area (Å²) >= 11 is 0. The van der Waals surface area contributed by atoms with Crippen LogP contribution in [0.4, 0.5) is 43.9 Å². The van der Waals surface area contributed by atoms with E-state index in [9.17, 15) is 43.9 Å². The number of ether oxygens (including phenoxy) is 1. The second kappa shape index (κ2) is 5.22. The number of allylic oxidation sites excluding steroid dienone is 1. The smallest absolute Gasteiger partial charge is 0.406 e. The number of hydrogen-bond donors (Lipinski definition) is 0. The van der Waals surface area contributed by atoms with Gasteiger partial charge in [0.1, 0.15) is 6.42 Å². The zero-order valence-corrected chi connectivity index (χ0v) is 8.10. The molecule has 0 atom stereocenters. The third-order valence-electron chi connectivity index (χ3n) is 1.33. The Hall–Kier alpha value is -1.16. The summed E-state index contributed by atoms with van der Waals surface area (Å²) in [4.78, 5) is 0. The lowest BCUT2D eigenvalue weighted by Crippen LogP contribution is -2.34. The van der Waals surface area contributed by atoms with E-state index in [2.05, 4.69) is 4.74 Å². The van der Waals surface area contributed by atoms with Crippen LogP contribution in [0.5, 0.6) is 0 Å². The minimum atomic E-state index is -5.55. The predicted octanol–water partition coefficient (Wildman–Crippen LogP) is 4.26. The predicted molar refractivity (Wildman–Crippen MR) is 36.9 cm³/mol. The van der Waals surface area contributed by atoms with Crippen LogP contribution in [0, 0.1) is 0 Å². The summed E-state index contributed by atoms with van der Waals surface area (Å²) in [6.07, 6.45) is -17.5. The molecule has 0 unspecified atom stereocenters. The SMILES string of the molecule is FCC(F)(F)C(OC(F)(F)CC(F)(F)F)=C(F)F. The molecule has 0 aliphatic rings. The molecule has 0 aliphatic carbocycles. The largest absolute Gasteiger partial charge is 0.424 e. The molecule has 0 radical (unpaired) electrons. The molecule has 18 heavy (non-hydrogen) atoms. The quantitative estimate of drug-likeness (QED) is 0.544. The first-order chi connectivity index (χ1) is 7.81. The van der Waals surface area contributed by atoms with Crippen molar-refractivity contribution in [2.24, 2.45) is 0 Å². The van der Waals surface area contributed by atoms with Crippen LogP contribution in [0.15, 0.2) is 11.8 Å².